The van der Waals surface area contributed by atoms with E-state index in [4.69, 9.17) is 11.4 Å². The summed E-state index contributed by atoms with van der Waals surface area (Å²) in [4.78, 5) is 85.8. The molecule has 3 aliphatic carbocycles. The van der Waals surface area contributed by atoms with E-state index in [1.54, 1.807) is 55.7 Å². The maximum atomic E-state index is 12.8. The number of carbonyl (C=O) groups excluding carboxylic acids is 5. The molecule has 0 spiro atoms. The number of terminal acetylenes is 2. The Hall–Kier alpha value is -9.45. The number of nitrogens with one attached hydrogen (secondary N) is 6. The molecule has 0 aromatic carbocycles. The molecule has 9 aromatic rings. The fourth-order valence-corrected chi connectivity index (χ4v) is 19.2. The number of sulfone groups is 3. The predicted octanol–water partition coefficient (Wildman–Crippen LogP) is 12.7. The summed E-state index contributed by atoms with van der Waals surface area (Å²) in [5, 5.41) is 30.8. The SMILES string of the molecule is C#CC.C#Cc1cnc(-c2ccc(S(=O)(=O)CCCNC(C)=O)s2)nc1Nc1cc(C2CC2)[nH]n1.CC(=O)CCCCS(=O)(=O)c1ccc(-c2ncc(Br)c(Nc3cc(C4CC4)n(C(C)=O)n3)n2)s1.CC(=O)NCCCS(=O)(=O)c1ccc(-c2ncc(C#C[Si](C)(C)C)c(Nc3cc(C4CC4)n(C(C)=O)n3)n2)s1. The van der Waals surface area contributed by atoms with Crippen LogP contribution >= 0.6 is 49.9 Å². The van der Waals surface area contributed by atoms with E-state index in [1.807, 2.05) is 18.2 Å². The Morgan fingerprint density at radius 2 is 0.972 bits per heavy atom. The highest BCUT2D eigenvalue weighted by molar-refractivity contribution is 9.10. The molecule has 28 nitrogen and oxygen atoms in total. The highest BCUT2D eigenvalue weighted by atomic mass is 79.9. The zero-order valence-corrected chi connectivity index (χ0v) is 68.4. The first kappa shape index (κ1) is 82.6. The average Bonchev–Trinajstić information content (AvgIpc) is 1.65. The van der Waals surface area contributed by atoms with Gasteiger partial charge in [-0.05, 0) is 130 Å². The minimum absolute atomic E-state index is 0.00360. The number of hydrogen-bond donors (Lipinski definition) is 6. The molecule has 3 saturated carbocycles. The number of rotatable bonds is 28. The summed E-state index contributed by atoms with van der Waals surface area (Å²) in [5.74, 6) is 12.5. The largest absolute Gasteiger partial charge is 0.356 e. The predicted molar refractivity (Wildman–Crippen MR) is 425 cm³/mol. The van der Waals surface area contributed by atoms with E-state index in [0.717, 1.165) is 89.6 Å². The number of Topliss-reactive ketones (excluding diaryl/α,β-unsaturated/α-hetero) is 1. The van der Waals surface area contributed by atoms with Gasteiger partial charge >= 0.3 is 0 Å². The van der Waals surface area contributed by atoms with Crippen LogP contribution < -0.4 is 26.6 Å². The zero-order chi connectivity index (χ0) is 78.3. The fourth-order valence-electron chi connectivity index (χ4n) is 10.2. The maximum absolute atomic E-state index is 12.8. The number of carbonyl (C=O) groups is 5. The second-order valence-corrected chi connectivity index (χ2v) is 42.4. The first-order chi connectivity index (χ1) is 51.2. The third-order valence-electron chi connectivity index (χ3n) is 15.9. The van der Waals surface area contributed by atoms with Crippen molar-refractivity contribution < 1.29 is 49.2 Å². The fraction of sp³-hybridized carbons (Fsp3) is 0.389. The number of aromatic amines is 1. The van der Waals surface area contributed by atoms with Gasteiger partial charge in [0.05, 0.1) is 58.9 Å². The average molecular weight is 1660 g/mol. The van der Waals surface area contributed by atoms with Crippen molar-refractivity contribution in [3.05, 3.63) is 106 Å². The van der Waals surface area contributed by atoms with E-state index < -0.39 is 37.6 Å². The quantitative estimate of drug-likeness (QED) is 0.0151. The summed E-state index contributed by atoms with van der Waals surface area (Å²) in [7, 11) is -12.1. The third-order valence-corrected chi connectivity index (χ3v) is 27.8. The van der Waals surface area contributed by atoms with Crippen LogP contribution in [0.25, 0.3) is 32.1 Å². The summed E-state index contributed by atoms with van der Waals surface area (Å²) in [6, 6.07) is 15.4. The molecule has 6 N–H and O–H groups in total. The third kappa shape index (κ3) is 23.8. The number of unbranched alkanes of at least 4 members (excludes halogenated alkanes) is 1. The van der Waals surface area contributed by atoms with E-state index in [0.29, 0.717) is 146 Å². The van der Waals surface area contributed by atoms with Crippen molar-refractivity contribution in [3.8, 4) is 68.3 Å². The number of nitrogens with zero attached hydrogens (tertiary/aromatic N) is 11. The lowest BCUT2D eigenvalue weighted by Gasteiger charge is -2.08. The molecule has 36 heteroatoms. The molecule has 3 aliphatic rings. The molecule has 0 bridgehead atoms. The van der Waals surface area contributed by atoms with Crippen LogP contribution in [0.1, 0.15) is 168 Å². The van der Waals surface area contributed by atoms with Gasteiger partial charge in [0.25, 0.3) is 0 Å². The van der Waals surface area contributed by atoms with E-state index in [2.05, 4.69) is 137 Å². The number of anilines is 6. The molecule has 2 amide bonds. The number of H-pyrrole nitrogens is 1. The van der Waals surface area contributed by atoms with Crippen LogP contribution in [0.15, 0.2) is 90.3 Å². The van der Waals surface area contributed by atoms with Crippen LogP contribution in [0.5, 0.6) is 0 Å². The minimum Gasteiger partial charge on any atom is -0.356 e. The van der Waals surface area contributed by atoms with Crippen LogP contribution in [0, 0.1) is 36.2 Å². The topological polar surface area (TPSA) is 390 Å². The van der Waals surface area contributed by atoms with Crippen molar-refractivity contribution in [1.82, 2.24) is 70.3 Å². The lowest BCUT2D eigenvalue weighted by molar-refractivity contribution is -0.119. The number of aromatic nitrogens is 12. The lowest BCUT2D eigenvalue weighted by Crippen LogP contribution is -2.22. The van der Waals surface area contributed by atoms with Gasteiger partial charge in [-0.3, -0.25) is 24.3 Å². The Kier molecular flexibility index (Phi) is 28.0. The molecule has 0 saturated heterocycles. The first-order valence-electron chi connectivity index (χ1n) is 34.4. The second kappa shape index (κ2) is 36.6. The number of halogens is 1. The van der Waals surface area contributed by atoms with Crippen molar-refractivity contribution in [2.45, 2.75) is 162 Å². The molecule has 9 aromatic heterocycles. The molecule has 12 rings (SSSR count). The molecule has 9 heterocycles. The Morgan fingerprint density at radius 1 is 0.565 bits per heavy atom. The molecular weight excluding hydrogens is 1580 g/mol. The smallest absolute Gasteiger partial charge is 0.244 e. The van der Waals surface area contributed by atoms with E-state index in [9.17, 15) is 49.2 Å². The molecule has 568 valence electrons. The molecule has 0 unspecified atom stereocenters. The Balaban J connectivity index is 0.000000184. The van der Waals surface area contributed by atoms with Crippen molar-refractivity contribution in [1.29, 1.82) is 0 Å². The van der Waals surface area contributed by atoms with Gasteiger partial charge in [0.2, 0.25) is 23.6 Å². The summed E-state index contributed by atoms with van der Waals surface area (Å²) >= 11 is 6.74. The molecule has 0 aliphatic heterocycles. The maximum Gasteiger partial charge on any atom is 0.244 e. The van der Waals surface area contributed by atoms with E-state index in [1.165, 1.54) is 50.2 Å². The number of amides is 2. The van der Waals surface area contributed by atoms with E-state index >= 15 is 0 Å². The van der Waals surface area contributed by atoms with Gasteiger partial charge in [-0.2, -0.15) is 5.10 Å². The van der Waals surface area contributed by atoms with Crippen LogP contribution in [0.3, 0.4) is 0 Å². The monoisotopic (exact) mass is 1660 g/mol. The molecule has 0 atom stereocenters. The molecule has 0 radical (unpaired) electrons. The summed E-state index contributed by atoms with van der Waals surface area (Å²) in [6.45, 7) is 15.9. The Morgan fingerprint density at radius 3 is 1.39 bits per heavy atom. The van der Waals surface area contributed by atoms with Gasteiger partial charge in [0, 0.05) is 107 Å². The number of thiophene rings is 3. The summed E-state index contributed by atoms with van der Waals surface area (Å²) in [6.07, 6.45) is 23.4. The van der Waals surface area contributed by atoms with Gasteiger partial charge in [-0.1, -0.05) is 31.5 Å². The highest BCUT2D eigenvalue weighted by Gasteiger charge is 2.32. The first-order valence-corrected chi connectivity index (χ1v) is 46.1. The van der Waals surface area contributed by atoms with Gasteiger partial charge in [-0.25, -0.2) is 64.5 Å². The number of hydrogen-bond acceptors (Lipinski definition) is 26. The minimum atomic E-state index is -3.52. The van der Waals surface area contributed by atoms with E-state index in [-0.39, 0.29) is 59.3 Å². The lowest BCUT2D eigenvalue weighted by atomic mass is 10.2. The zero-order valence-electron chi connectivity index (χ0n) is 60.9. The normalized spacial score (nSPS) is 13.3. The van der Waals surface area contributed by atoms with Crippen molar-refractivity contribution >= 4 is 152 Å². The molecular formula is C72H82BrN17O11S6Si. The molecule has 3 fully saturated rings. The van der Waals surface area contributed by atoms with Crippen molar-refractivity contribution in [2.75, 3.05) is 46.3 Å². The van der Waals surface area contributed by atoms with Gasteiger partial charge in [0.15, 0.2) is 76.1 Å². The highest BCUT2D eigenvalue weighted by Crippen LogP contribution is 2.44. The van der Waals surface area contributed by atoms with Gasteiger partial charge in [0.1, 0.15) is 32.3 Å². The molecule has 108 heavy (non-hydrogen) atoms. The standard InChI is InChI=1S/C26H32N6O4S2Si.C22H24BrN5O4S2.C21H22N6O3S2.C3H4/c1-17(33)27-12-6-13-38(35,36)24-10-9-22(37-24)26-28-16-20(11-14-39(3,4)5)25(30-26)29-23-15-21(19-7-8-19)32(31-23)18(2)34;1-13(29)5-3-4-10-34(31,32)20-9-8-18(33-20)22-24-12-16(23)21(26-22)25-19-11-17(15-6-7-15)28(27-19)14(2)30;1-3-14-12-23-21(25-20(14)24-18-11-16(26-27-18)15-5-6-15)17-7-8-19(31-17)32(29,30)10-4-9-22-13(2)28;1-3-2/h9-10,15-16,19H,6-8,12-13H2,1-5H3,(H,27,33)(H,28,29,30,31);8-9,11-12,15H,3-7,10H2,1-2H3,(H,24,25,26,27);1,7-8,11-12,15H,4-6,9-10H2,2H3,(H,22,28)(H2,23,24,25,26,27);1H,2H3. The van der Waals surface area contributed by atoms with Crippen molar-refractivity contribution in [3.63, 3.8) is 0 Å². The van der Waals surface area contributed by atoms with Crippen LogP contribution in [-0.2, 0) is 43.9 Å². The Labute approximate surface area is 649 Å². The Bertz CT molecular complexity index is 5330. The van der Waals surface area contributed by atoms with Crippen LogP contribution in [-0.4, -0.2) is 153 Å². The van der Waals surface area contributed by atoms with Crippen LogP contribution in [0.2, 0.25) is 19.6 Å². The van der Waals surface area contributed by atoms with Crippen molar-refractivity contribution in [2.24, 2.45) is 0 Å². The summed E-state index contributed by atoms with van der Waals surface area (Å²) in [5.41, 5.74) is 7.24. The summed E-state index contributed by atoms with van der Waals surface area (Å²) < 4.78 is 80.3. The van der Waals surface area contributed by atoms with Gasteiger partial charge in [-0.15, -0.1) is 68.5 Å². The van der Waals surface area contributed by atoms with Crippen LogP contribution in [0.4, 0.5) is 34.9 Å². The van der Waals surface area contributed by atoms with Gasteiger partial charge < -0.3 is 31.4 Å². The second-order valence-electron chi connectivity index (χ2n) is 26.6. The number of ketones is 1.